The Kier molecular flexibility index (Phi) is 6.04. The summed E-state index contributed by atoms with van der Waals surface area (Å²) in [6.07, 6.45) is 3.97. The number of nitrogens with zero attached hydrogens (tertiary/aromatic N) is 2. The van der Waals surface area contributed by atoms with Gasteiger partial charge in [0.2, 0.25) is 0 Å². The SMILES string of the molecule is CNCCC1CCCCN1S(=O)(=O)N(C)C(C)C. The maximum Gasteiger partial charge on any atom is 0.282 e. The number of hydrogen-bond acceptors (Lipinski definition) is 3. The van der Waals surface area contributed by atoms with Crippen molar-refractivity contribution in [1.29, 1.82) is 0 Å². The molecular formula is C12H27N3O2S. The number of piperidine rings is 1. The van der Waals surface area contributed by atoms with Gasteiger partial charge in [0.15, 0.2) is 0 Å². The summed E-state index contributed by atoms with van der Waals surface area (Å²) in [6.45, 7) is 5.34. The molecule has 0 radical (unpaired) electrons. The summed E-state index contributed by atoms with van der Waals surface area (Å²) in [5, 5.41) is 3.10. The molecule has 0 aromatic rings. The molecule has 18 heavy (non-hydrogen) atoms. The molecule has 0 amide bonds. The van der Waals surface area contributed by atoms with Gasteiger partial charge in [-0.15, -0.1) is 0 Å². The molecular weight excluding hydrogens is 250 g/mol. The van der Waals surface area contributed by atoms with E-state index >= 15 is 0 Å². The van der Waals surface area contributed by atoms with E-state index in [4.69, 9.17) is 0 Å². The Morgan fingerprint density at radius 3 is 2.61 bits per heavy atom. The van der Waals surface area contributed by atoms with Crippen LogP contribution in [0.1, 0.15) is 39.5 Å². The van der Waals surface area contributed by atoms with E-state index in [1.165, 1.54) is 4.31 Å². The van der Waals surface area contributed by atoms with Crippen LogP contribution in [0, 0.1) is 0 Å². The minimum atomic E-state index is -3.30. The summed E-state index contributed by atoms with van der Waals surface area (Å²) >= 11 is 0. The fourth-order valence-corrected chi connectivity index (χ4v) is 4.12. The predicted octanol–water partition coefficient (Wildman–Crippen LogP) is 1.04. The third-order valence-electron chi connectivity index (χ3n) is 3.69. The first-order chi connectivity index (χ1) is 8.41. The van der Waals surface area contributed by atoms with E-state index in [-0.39, 0.29) is 12.1 Å². The fraction of sp³-hybridized carbons (Fsp3) is 1.00. The summed E-state index contributed by atoms with van der Waals surface area (Å²) in [6, 6.07) is 0.152. The second kappa shape index (κ2) is 6.84. The zero-order chi connectivity index (χ0) is 13.8. The van der Waals surface area contributed by atoms with Gasteiger partial charge in [-0.3, -0.25) is 0 Å². The Bertz CT molecular complexity index is 343. The van der Waals surface area contributed by atoms with Crippen LogP contribution in [-0.2, 0) is 10.2 Å². The largest absolute Gasteiger partial charge is 0.320 e. The van der Waals surface area contributed by atoms with Crippen LogP contribution in [0.3, 0.4) is 0 Å². The highest BCUT2D eigenvalue weighted by Crippen LogP contribution is 2.24. The van der Waals surface area contributed by atoms with Crippen molar-refractivity contribution < 1.29 is 8.42 Å². The van der Waals surface area contributed by atoms with E-state index in [2.05, 4.69) is 5.32 Å². The van der Waals surface area contributed by atoms with Gasteiger partial charge in [0, 0.05) is 25.7 Å². The zero-order valence-corrected chi connectivity index (χ0v) is 12.8. The highest BCUT2D eigenvalue weighted by molar-refractivity contribution is 7.86. The van der Waals surface area contributed by atoms with Gasteiger partial charge in [-0.1, -0.05) is 6.42 Å². The van der Waals surface area contributed by atoms with E-state index < -0.39 is 10.2 Å². The first-order valence-corrected chi connectivity index (χ1v) is 8.20. The molecule has 1 aliphatic heterocycles. The summed E-state index contributed by atoms with van der Waals surface area (Å²) in [7, 11) is 0.273. The minimum absolute atomic E-state index is 0.00174. The van der Waals surface area contributed by atoms with Crippen molar-refractivity contribution in [2.45, 2.75) is 51.6 Å². The standard InChI is InChI=1S/C12H27N3O2S/c1-11(2)14(4)18(16,17)15-10-6-5-7-12(15)8-9-13-3/h11-13H,5-10H2,1-4H3. The zero-order valence-electron chi connectivity index (χ0n) is 12.0. The average molecular weight is 277 g/mol. The summed E-state index contributed by atoms with van der Waals surface area (Å²) in [5.41, 5.74) is 0. The van der Waals surface area contributed by atoms with Crippen molar-refractivity contribution in [1.82, 2.24) is 13.9 Å². The first kappa shape index (κ1) is 15.9. The van der Waals surface area contributed by atoms with Crippen LogP contribution >= 0.6 is 0 Å². The van der Waals surface area contributed by atoms with E-state index in [0.29, 0.717) is 6.54 Å². The smallest absolute Gasteiger partial charge is 0.282 e. The first-order valence-electron chi connectivity index (χ1n) is 6.80. The van der Waals surface area contributed by atoms with Crippen molar-refractivity contribution in [3.8, 4) is 0 Å². The molecule has 1 atom stereocenters. The lowest BCUT2D eigenvalue weighted by Gasteiger charge is -2.38. The molecule has 0 aromatic heterocycles. The third-order valence-corrected chi connectivity index (χ3v) is 5.91. The van der Waals surface area contributed by atoms with Crippen LogP contribution in [0.15, 0.2) is 0 Å². The Labute approximate surface area is 112 Å². The molecule has 1 rings (SSSR count). The van der Waals surface area contributed by atoms with Crippen LogP contribution in [0.25, 0.3) is 0 Å². The second-order valence-corrected chi connectivity index (χ2v) is 7.21. The van der Waals surface area contributed by atoms with Gasteiger partial charge in [-0.2, -0.15) is 17.0 Å². The molecule has 0 bridgehead atoms. The summed E-state index contributed by atoms with van der Waals surface area (Å²) in [4.78, 5) is 0. The lowest BCUT2D eigenvalue weighted by molar-refractivity contribution is 0.220. The lowest BCUT2D eigenvalue weighted by atomic mass is 10.0. The molecule has 1 N–H and O–H groups in total. The van der Waals surface area contributed by atoms with Gasteiger partial charge in [-0.05, 0) is 46.7 Å². The van der Waals surface area contributed by atoms with Crippen molar-refractivity contribution in [3.05, 3.63) is 0 Å². The molecule has 5 nitrogen and oxygen atoms in total. The van der Waals surface area contributed by atoms with Gasteiger partial charge in [0.25, 0.3) is 10.2 Å². The Hall–Kier alpha value is -0.170. The van der Waals surface area contributed by atoms with Crippen molar-refractivity contribution in [2.75, 3.05) is 27.2 Å². The van der Waals surface area contributed by atoms with Crippen LogP contribution in [0.4, 0.5) is 0 Å². The molecule has 1 fully saturated rings. The highest BCUT2D eigenvalue weighted by Gasteiger charge is 2.35. The molecule has 1 saturated heterocycles. The minimum Gasteiger partial charge on any atom is -0.320 e. The van der Waals surface area contributed by atoms with Crippen LogP contribution in [0.5, 0.6) is 0 Å². The van der Waals surface area contributed by atoms with Gasteiger partial charge >= 0.3 is 0 Å². The fourth-order valence-electron chi connectivity index (χ4n) is 2.31. The Balaban J connectivity index is 2.82. The van der Waals surface area contributed by atoms with Gasteiger partial charge in [0.1, 0.15) is 0 Å². The lowest BCUT2D eigenvalue weighted by Crippen LogP contribution is -2.51. The maximum atomic E-state index is 12.5. The van der Waals surface area contributed by atoms with E-state index in [9.17, 15) is 8.42 Å². The maximum absolute atomic E-state index is 12.5. The van der Waals surface area contributed by atoms with E-state index in [1.54, 1.807) is 11.4 Å². The van der Waals surface area contributed by atoms with Gasteiger partial charge < -0.3 is 5.32 Å². The third kappa shape index (κ3) is 3.66. The molecule has 1 heterocycles. The molecule has 6 heteroatoms. The topological polar surface area (TPSA) is 52.7 Å². The Morgan fingerprint density at radius 2 is 2.06 bits per heavy atom. The van der Waals surface area contributed by atoms with Crippen molar-refractivity contribution in [3.63, 3.8) is 0 Å². The van der Waals surface area contributed by atoms with Gasteiger partial charge in [0.05, 0.1) is 0 Å². The quantitative estimate of drug-likeness (QED) is 0.789. The van der Waals surface area contributed by atoms with Crippen molar-refractivity contribution >= 4 is 10.2 Å². The molecule has 0 saturated carbocycles. The molecule has 0 aliphatic carbocycles. The molecule has 0 aromatic carbocycles. The van der Waals surface area contributed by atoms with E-state index in [1.807, 2.05) is 20.9 Å². The second-order valence-electron chi connectivity index (χ2n) is 5.27. The molecule has 0 spiro atoms. The van der Waals surface area contributed by atoms with Crippen LogP contribution < -0.4 is 5.32 Å². The molecule has 108 valence electrons. The molecule has 1 aliphatic rings. The average Bonchev–Trinajstić information content (AvgIpc) is 2.35. The number of rotatable bonds is 6. The molecule has 1 unspecified atom stereocenters. The monoisotopic (exact) mass is 277 g/mol. The van der Waals surface area contributed by atoms with Gasteiger partial charge in [-0.25, -0.2) is 0 Å². The predicted molar refractivity (Wildman–Crippen MR) is 74.7 cm³/mol. The highest BCUT2D eigenvalue weighted by atomic mass is 32.2. The van der Waals surface area contributed by atoms with E-state index in [0.717, 1.165) is 32.2 Å². The normalized spacial score (nSPS) is 22.9. The summed E-state index contributed by atoms with van der Waals surface area (Å²) < 4.78 is 28.2. The number of hydrogen-bond donors (Lipinski definition) is 1. The van der Waals surface area contributed by atoms with Crippen molar-refractivity contribution in [2.24, 2.45) is 0 Å². The van der Waals surface area contributed by atoms with Crippen LogP contribution in [-0.4, -0.2) is 56.3 Å². The van der Waals surface area contributed by atoms with Crippen LogP contribution in [0.2, 0.25) is 0 Å². The number of nitrogens with one attached hydrogen (secondary N) is 1. The summed E-state index contributed by atoms with van der Waals surface area (Å²) in [5.74, 6) is 0. The Morgan fingerprint density at radius 1 is 1.39 bits per heavy atom.